The zero-order valence-electron chi connectivity index (χ0n) is 16.0. The predicted octanol–water partition coefficient (Wildman–Crippen LogP) is 5.30. The van der Waals surface area contributed by atoms with E-state index >= 15 is 0 Å². The van der Waals surface area contributed by atoms with Crippen molar-refractivity contribution in [2.75, 3.05) is 7.11 Å². The molecule has 0 saturated carbocycles. The van der Waals surface area contributed by atoms with Crippen LogP contribution in [-0.2, 0) is 11.3 Å². The molecule has 0 radical (unpaired) electrons. The van der Waals surface area contributed by atoms with Crippen LogP contribution in [0.4, 0.5) is 4.39 Å². The number of methoxy groups -OCH3 is 1. The average Bonchev–Trinajstić information content (AvgIpc) is 3.05. The van der Waals surface area contributed by atoms with Crippen molar-refractivity contribution in [2.45, 2.75) is 6.54 Å². The number of hydrogen-bond donors (Lipinski definition) is 0. The lowest BCUT2D eigenvalue weighted by Gasteiger charge is -2.21. The first-order chi connectivity index (χ1) is 14.1. The molecular formula is C25H20FNO2. The molecule has 3 nitrogen and oxygen atoms in total. The largest absolute Gasteiger partial charge is 0.497 e. The second kappa shape index (κ2) is 8.15. The van der Waals surface area contributed by atoms with Crippen LogP contribution in [0.5, 0.6) is 5.75 Å². The van der Waals surface area contributed by atoms with Gasteiger partial charge in [0.25, 0.3) is 5.91 Å². The molecule has 0 atom stereocenters. The predicted molar refractivity (Wildman–Crippen MR) is 112 cm³/mol. The number of rotatable bonds is 5. The maximum atomic E-state index is 13.4. The molecule has 4 rings (SSSR count). The Morgan fingerprint density at radius 3 is 2.28 bits per heavy atom. The summed E-state index contributed by atoms with van der Waals surface area (Å²) < 4.78 is 18.6. The molecule has 0 fully saturated rings. The van der Waals surface area contributed by atoms with Crippen LogP contribution >= 0.6 is 0 Å². The normalized spacial score (nSPS) is 15.0. The van der Waals surface area contributed by atoms with Gasteiger partial charge in [-0.15, -0.1) is 0 Å². The maximum absolute atomic E-state index is 13.4. The molecule has 3 aromatic rings. The summed E-state index contributed by atoms with van der Waals surface area (Å²) in [5.41, 5.74) is 4.09. The fourth-order valence-electron chi connectivity index (χ4n) is 3.32. The van der Waals surface area contributed by atoms with Crippen LogP contribution in [0.15, 0.2) is 90.5 Å². The minimum absolute atomic E-state index is 0.0796. The quantitative estimate of drug-likeness (QED) is 0.558. The van der Waals surface area contributed by atoms with Crippen molar-refractivity contribution in [3.05, 3.63) is 113 Å². The van der Waals surface area contributed by atoms with Crippen molar-refractivity contribution in [1.29, 1.82) is 0 Å². The van der Waals surface area contributed by atoms with Crippen molar-refractivity contribution >= 4 is 17.7 Å². The van der Waals surface area contributed by atoms with E-state index in [9.17, 15) is 9.18 Å². The molecule has 0 aliphatic carbocycles. The molecule has 1 aliphatic heterocycles. The highest BCUT2D eigenvalue weighted by Crippen LogP contribution is 2.32. The Morgan fingerprint density at radius 1 is 0.931 bits per heavy atom. The van der Waals surface area contributed by atoms with Gasteiger partial charge >= 0.3 is 0 Å². The highest BCUT2D eigenvalue weighted by molar-refractivity contribution is 6.10. The van der Waals surface area contributed by atoms with Crippen LogP contribution in [-0.4, -0.2) is 17.9 Å². The summed E-state index contributed by atoms with van der Waals surface area (Å²) in [5.74, 6) is 0.379. The lowest BCUT2D eigenvalue weighted by molar-refractivity contribution is -0.123. The number of hydrogen-bond acceptors (Lipinski definition) is 2. The van der Waals surface area contributed by atoms with Gasteiger partial charge in [0.05, 0.1) is 19.4 Å². The molecule has 3 aromatic carbocycles. The summed E-state index contributed by atoms with van der Waals surface area (Å²) in [4.78, 5) is 14.9. The van der Waals surface area contributed by atoms with Crippen LogP contribution in [0.25, 0.3) is 11.8 Å². The number of amides is 1. The van der Waals surface area contributed by atoms with E-state index in [1.54, 1.807) is 24.1 Å². The molecule has 4 heteroatoms. The molecule has 1 amide bonds. The van der Waals surface area contributed by atoms with E-state index in [0.717, 1.165) is 28.1 Å². The first-order valence-electron chi connectivity index (χ1n) is 9.33. The fraction of sp³-hybridized carbons (Fsp3) is 0.0800. The maximum Gasteiger partial charge on any atom is 0.258 e. The number of benzene rings is 3. The molecule has 1 heterocycles. The zero-order chi connectivity index (χ0) is 20.2. The molecule has 0 N–H and O–H groups in total. The number of halogens is 1. The Bertz CT molecular complexity index is 1070. The van der Waals surface area contributed by atoms with Crippen LogP contribution in [0, 0.1) is 5.82 Å². The van der Waals surface area contributed by atoms with Gasteiger partial charge in [0.15, 0.2) is 0 Å². The van der Waals surface area contributed by atoms with Gasteiger partial charge < -0.3 is 9.64 Å². The van der Waals surface area contributed by atoms with E-state index in [4.69, 9.17) is 4.74 Å². The van der Waals surface area contributed by atoms with Crippen molar-refractivity contribution in [2.24, 2.45) is 0 Å². The third-order valence-corrected chi connectivity index (χ3v) is 4.84. The second-order valence-corrected chi connectivity index (χ2v) is 6.79. The van der Waals surface area contributed by atoms with E-state index in [-0.39, 0.29) is 11.7 Å². The Labute approximate surface area is 169 Å². The van der Waals surface area contributed by atoms with E-state index in [1.807, 2.05) is 66.7 Å². The summed E-state index contributed by atoms with van der Waals surface area (Å²) >= 11 is 0. The Kier molecular flexibility index (Phi) is 5.25. The monoisotopic (exact) mass is 385 g/mol. The average molecular weight is 385 g/mol. The minimum atomic E-state index is -0.303. The Balaban J connectivity index is 1.71. The zero-order valence-corrected chi connectivity index (χ0v) is 16.0. The molecule has 29 heavy (non-hydrogen) atoms. The Hall–Kier alpha value is -3.66. The summed E-state index contributed by atoms with van der Waals surface area (Å²) in [6, 6.07) is 23.6. The van der Waals surface area contributed by atoms with E-state index in [2.05, 4.69) is 0 Å². The van der Waals surface area contributed by atoms with E-state index in [0.29, 0.717) is 12.1 Å². The smallest absolute Gasteiger partial charge is 0.258 e. The van der Waals surface area contributed by atoms with Gasteiger partial charge in [0.2, 0.25) is 0 Å². The third kappa shape index (κ3) is 4.11. The van der Waals surface area contributed by atoms with Crippen LogP contribution in [0.2, 0.25) is 0 Å². The van der Waals surface area contributed by atoms with Crippen molar-refractivity contribution in [3.8, 4) is 5.75 Å². The molecule has 0 saturated heterocycles. The van der Waals surface area contributed by atoms with E-state index in [1.165, 1.54) is 12.1 Å². The first-order valence-corrected chi connectivity index (χ1v) is 9.33. The fourth-order valence-corrected chi connectivity index (χ4v) is 3.32. The molecule has 1 aliphatic rings. The van der Waals surface area contributed by atoms with Gasteiger partial charge in [-0.25, -0.2) is 4.39 Å². The number of carbonyl (C=O) groups excluding carboxylic acids is 1. The number of carbonyl (C=O) groups is 1. The molecule has 0 bridgehead atoms. The molecule has 0 spiro atoms. The topological polar surface area (TPSA) is 29.5 Å². The van der Waals surface area contributed by atoms with E-state index < -0.39 is 0 Å². The summed E-state index contributed by atoms with van der Waals surface area (Å²) in [6.45, 7) is 0.447. The lowest BCUT2D eigenvalue weighted by atomic mass is 10.1. The molecular weight excluding hydrogens is 365 g/mol. The standard InChI is InChI=1S/C25H20FNO2/c1-29-23-13-7-18(8-14-23)15-21-16-24(20-9-11-22(26)12-10-20)27(25(21)28)17-19-5-3-2-4-6-19/h2-16H,17H2,1H3/b21-15-. The van der Waals surface area contributed by atoms with Gasteiger partial charge in [-0.2, -0.15) is 0 Å². The number of ether oxygens (including phenoxy) is 1. The second-order valence-electron chi connectivity index (χ2n) is 6.79. The van der Waals surface area contributed by atoms with Crippen molar-refractivity contribution in [1.82, 2.24) is 4.90 Å². The third-order valence-electron chi connectivity index (χ3n) is 4.84. The van der Waals surface area contributed by atoms with Gasteiger partial charge in [-0.1, -0.05) is 42.5 Å². The van der Waals surface area contributed by atoms with Crippen LogP contribution in [0.1, 0.15) is 16.7 Å². The van der Waals surface area contributed by atoms with Crippen LogP contribution < -0.4 is 4.74 Å². The number of nitrogens with zero attached hydrogens (tertiary/aromatic N) is 1. The highest BCUT2D eigenvalue weighted by atomic mass is 19.1. The SMILES string of the molecule is COc1ccc(/C=C2/C=C(c3ccc(F)cc3)N(Cc3ccccc3)C2=O)cc1. The summed E-state index contributed by atoms with van der Waals surface area (Å²) in [6.07, 6.45) is 3.72. The van der Waals surface area contributed by atoms with Gasteiger partial charge in [0, 0.05) is 5.57 Å². The molecule has 0 unspecified atom stereocenters. The van der Waals surface area contributed by atoms with Crippen molar-refractivity contribution < 1.29 is 13.9 Å². The molecule has 0 aromatic heterocycles. The highest BCUT2D eigenvalue weighted by Gasteiger charge is 2.29. The van der Waals surface area contributed by atoms with Gasteiger partial charge in [-0.3, -0.25) is 4.79 Å². The summed E-state index contributed by atoms with van der Waals surface area (Å²) in [5, 5.41) is 0. The Morgan fingerprint density at radius 2 is 1.62 bits per heavy atom. The minimum Gasteiger partial charge on any atom is -0.497 e. The van der Waals surface area contributed by atoms with Crippen molar-refractivity contribution in [3.63, 3.8) is 0 Å². The van der Waals surface area contributed by atoms with Gasteiger partial charge in [0.1, 0.15) is 11.6 Å². The molecule has 144 valence electrons. The lowest BCUT2D eigenvalue weighted by Crippen LogP contribution is -2.25. The summed E-state index contributed by atoms with van der Waals surface area (Å²) in [7, 11) is 1.62. The first kappa shape index (κ1) is 18.7. The van der Waals surface area contributed by atoms with Crippen LogP contribution in [0.3, 0.4) is 0 Å². The van der Waals surface area contributed by atoms with Gasteiger partial charge in [-0.05, 0) is 65.2 Å².